The summed E-state index contributed by atoms with van der Waals surface area (Å²) >= 11 is 5.94. The number of hydrogen-bond acceptors (Lipinski definition) is 5. The Morgan fingerprint density at radius 3 is 2.75 bits per heavy atom. The van der Waals surface area contributed by atoms with Crippen LogP contribution >= 0.6 is 11.6 Å². The number of halogens is 1. The van der Waals surface area contributed by atoms with E-state index in [1.165, 1.54) is 11.1 Å². The summed E-state index contributed by atoms with van der Waals surface area (Å²) in [5.41, 5.74) is 3.45. The Kier molecular flexibility index (Phi) is 7.55. The fourth-order valence-electron chi connectivity index (χ4n) is 4.04. The van der Waals surface area contributed by atoms with Crippen LogP contribution < -0.4 is 5.32 Å². The van der Waals surface area contributed by atoms with Gasteiger partial charge in [0.25, 0.3) is 0 Å². The number of likely N-dealkylation sites (tertiary alicyclic amines) is 1. The number of carbonyl (C=O) groups is 1. The highest BCUT2D eigenvalue weighted by Gasteiger charge is 2.26. The molecule has 0 saturated carbocycles. The lowest BCUT2D eigenvalue weighted by Crippen LogP contribution is -2.43. The third-order valence-electron chi connectivity index (χ3n) is 5.87. The van der Waals surface area contributed by atoms with Crippen LogP contribution in [0.2, 0.25) is 5.02 Å². The molecule has 3 aromatic rings. The largest absolute Gasteiger partial charge is 0.356 e. The summed E-state index contributed by atoms with van der Waals surface area (Å²) in [5.74, 6) is 1.26. The summed E-state index contributed by atoms with van der Waals surface area (Å²) in [6.45, 7) is 4.99. The molecule has 168 valence electrons. The number of hydrogen-bond donors (Lipinski definition) is 1. The molecule has 1 aromatic heterocycles. The van der Waals surface area contributed by atoms with Crippen LogP contribution in [-0.2, 0) is 17.8 Å². The highest BCUT2D eigenvalue weighted by atomic mass is 35.5. The van der Waals surface area contributed by atoms with Gasteiger partial charge in [-0.25, -0.2) is 0 Å². The zero-order chi connectivity index (χ0) is 22.3. The summed E-state index contributed by atoms with van der Waals surface area (Å²) in [6.07, 6.45) is 3.82. The van der Waals surface area contributed by atoms with Gasteiger partial charge in [0.2, 0.25) is 17.6 Å². The van der Waals surface area contributed by atoms with Gasteiger partial charge in [0.05, 0.1) is 12.5 Å². The van der Waals surface area contributed by atoms with Gasteiger partial charge in [0.1, 0.15) is 0 Å². The summed E-state index contributed by atoms with van der Waals surface area (Å²) in [5, 5.41) is 7.87. The van der Waals surface area contributed by atoms with Crippen molar-refractivity contribution in [2.45, 2.75) is 39.2 Å². The molecule has 1 aliphatic rings. The van der Waals surface area contributed by atoms with Crippen LogP contribution in [-0.4, -0.2) is 40.6 Å². The van der Waals surface area contributed by atoms with Crippen molar-refractivity contribution >= 4 is 17.5 Å². The molecule has 1 N–H and O–H groups in total. The lowest BCUT2D eigenvalue weighted by Gasteiger charge is -2.30. The van der Waals surface area contributed by atoms with E-state index >= 15 is 0 Å². The van der Waals surface area contributed by atoms with E-state index in [9.17, 15) is 4.79 Å². The molecule has 6 nitrogen and oxygen atoms in total. The van der Waals surface area contributed by atoms with Gasteiger partial charge in [-0.3, -0.25) is 9.69 Å². The highest BCUT2D eigenvalue weighted by Crippen LogP contribution is 2.21. The minimum atomic E-state index is 0.00165. The number of aromatic nitrogens is 2. The minimum Gasteiger partial charge on any atom is -0.356 e. The Labute approximate surface area is 194 Å². The van der Waals surface area contributed by atoms with E-state index in [0.717, 1.165) is 37.8 Å². The molecule has 1 unspecified atom stereocenters. The van der Waals surface area contributed by atoms with Gasteiger partial charge in [0, 0.05) is 23.7 Å². The smallest absolute Gasteiger partial charge is 0.241 e. The Morgan fingerprint density at radius 2 is 1.97 bits per heavy atom. The maximum atomic E-state index is 12.7. The van der Waals surface area contributed by atoms with Crippen LogP contribution in [0.25, 0.3) is 11.4 Å². The molecule has 0 bridgehead atoms. The van der Waals surface area contributed by atoms with Crippen molar-refractivity contribution in [3.05, 3.63) is 70.6 Å². The molecule has 2 aromatic carbocycles. The molecule has 32 heavy (non-hydrogen) atoms. The van der Waals surface area contributed by atoms with Crippen LogP contribution in [0.1, 0.15) is 36.3 Å². The second-order valence-corrected chi connectivity index (χ2v) is 8.91. The Morgan fingerprint density at radius 1 is 1.19 bits per heavy atom. The van der Waals surface area contributed by atoms with E-state index in [4.69, 9.17) is 16.1 Å². The first-order chi connectivity index (χ1) is 15.6. The van der Waals surface area contributed by atoms with Crippen LogP contribution in [0.3, 0.4) is 0 Å². The molecule has 2 heterocycles. The van der Waals surface area contributed by atoms with E-state index in [0.29, 0.717) is 36.4 Å². The molecule has 1 atom stereocenters. The number of piperidine rings is 1. The Bertz CT molecular complexity index is 1020. The van der Waals surface area contributed by atoms with Crippen LogP contribution in [0.15, 0.2) is 53.1 Å². The fraction of sp³-hybridized carbons (Fsp3) is 0.400. The molecule has 0 radical (unpaired) electrons. The van der Waals surface area contributed by atoms with Gasteiger partial charge < -0.3 is 9.84 Å². The Balaban J connectivity index is 1.23. The summed E-state index contributed by atoms with van der Waals surface area (Å²) in [7, 11) is 0. The van der Waals surface area contributed by atoms with Gasteiger partial charge in [-0.2, -0.15) is 4.98 Å². The summed E-state index contributed by atoms with van der Waals surface area (Å²) < 4.78 is 5.44. The van der Waals surface area contributed by atoms with Crippen molar-refractivity contribution in [1.82, 2.24) is 20.4 Å². The topological polar surface area (TPSA) is 71.3 Å². The SMILES string of the molecule is Cc1ccc(CCCNC(=O)C2CCCN(Cc3nc(-c4ccc(Cl)cc4)no3)C2)cc1. The van der Waals surface area contributed by atoms with E-state index in [1.54, 1.807) is 0 Å². The van der Waals surface area contributed by atoms with Crippen molar-refractivity contribution < 1.29 is 9.32 Å². The van der Waals surface area contributed by atoms with Gasteiger partial charge >= 0.3 is 0 Å². The number of nitrogens with one attached hydrogen (secondary N) is 1. The zero-order valence-electron chi connectivity index (χ0n) is 18.4. The molecular formula is C25H29ClN4O2. The number of carbonyl (C=O) groups excluding carboxylic acids is 1. The van der Waals surface area contributed by atoms with Crippen molar-refractivity contribution in [2.75, 3.05) is 19.6 Å². The molecule has 1 amide bonds. The fourth-order valence-corrected chi connectivity index (χ4v) is 4.17. The quantitative estimate of drug-likeness (QED) is 0.503. The standard InChI is InChI=1S/C25H29ClN4O2/c1-18-6-8-19(9-7-18)4-2-14-27-25(31)21-5-3-15-30(16-21)17-23-28-24(29-32-23)20-10-12-22(26)13-11-20/h6-13,21H,2-5,14-17H2,1H3,(H,27,31). The molecule has 0 spiro atoms. The first kappa shape index (κ1) is 22.5. The Hall–Kier alpha value is -2.70. The minimum absolute atomic E-state index is 0.00165. The van der Waals surface area contributed by atoms with Gasteiger partial charge in [-0.15, -0.1) is 0 Å². The first-order valence-corrected chi connectivity index (χ1v) is 11.6. The number of rotatable bonds is 8. The lowest BCUT2D eigenvalue weighted by atomic mass is 9.97. The van der Waals surface area contributed by atoms with Gasteiger partial charge in [-0.1, -0.05) is 46.6 Å². The van der Waals surface area contributed by atoms with E-state index < -0.39 is 0 Å². The summed E-state index contributed by atoms with van der Waals surface area (Å²) in [4.78, 5) is 19.4. The first-order valence-electron chi connectivity index (χ1n) is 11.2. The molecule has 1 aliphatic heterocycles. The maximum Gasteiger partial charge on any atom is 0.241 e. The average Bonchev–Trinajstić information content (AvgIpc) is 3.27. The van der Waals surface area contributed by atoms with E-state index in [1.807, 2.05) is 24.3 Å². The van der Waals surface area contributed by atoms with Crippen molar-refractivity contribution in [1.29, 1.82) is 0 Å². The molecular weight excluding hydrogens is 424 g/mol. The van der Waals surface area contributed by atoms with Crippen LogP contribution in [0.5, 0.6) is 0 Å². The third kappa shape index (κ3) is 6.17. The predicted octanol–water partition coefficient (Wildman–Crippen LogP) is 4.66. The second kappa shape index (κ2) is 10.7. The van der Waals surface area contributed by atoms with Crippen molar-refractivity contribution in [2.24, 2.45) is 5.92 Å². The highest BCUT2D eigenvalue weighted by molar-refractivity contribution is 6.30. The zero-order valence-corrected chi connectivity index (χ0v) is 19.1. The van der Waals surface area contributed by atoms with Gasteiger partial charge in [-0.05, 0) is 69.0 Å². The molecule has 4 rings (SSSR count). The maximum absolute atomic E-state index is 12.7. The number of nitrogens with zero attached hydrogens (tertiary/aromatic N) is 3. The molecule has 7 heteroatoms. The number of amides is 1. The van der Waals surface area contributed by atoms with E-state index in [-0.39, 0.29) is 11.8 Å². The van der Waals surface area contributed by atoms with Crippen LogP contribution in [0.4, 0.5) is 0 Å². The predicted molar refractivity (Wildman–Crippen MR) is 125 cm³/mol. The normalized spacial score (nSPS) is 16.8. The van der Waals surface area contributed by atoms with Gasteiger partial charge in [0.15, 0.2) is 0 Å². The monoisotopic (exact) mass is 452 g/mol. The van der Waals surface area contributed by atoms with E-state index in [2.05, 4.69) is 51.5 Å². The average molecular weight is 453 g/mol. The second-order valence-electron chi connectivity index (χ2n) is 8.47. The molecule has 0 aliphatic carbocycles. The van der Waals surface area contributed by atoms with Crippen molar-refractivity contribution in [3.8, 4) is 11.4 Å². The van der Waals surface area contributed by atoms with Crippen LogP contribution in [0, 0.1) is 12.8 Å². The third-order valence-corrected chi connectivity index (χ3v) is 6.12. The van der Waals surface area contributed by atoms with Crippen molar-refractivity contribution in [3.63, 3.8) is 0 Å². The number of benzene rings is 2. The number of aryl methyl sites for hydroxylation is 2. The molecule has 1 saturated heterocycles. The molecule has 1 fully saturated rings. The summed E-state index contributed by atoms with van der Waals surface area (Å²) in [6, 6.07) is 15.9. The lowest BCUT2D eigenvalue weighted by molar-refractivity contribution is -0.126.